The molecule has 104 valence electrons. The Bertz CT molecular complexity index is 457. The largest absolute Gasteiger partial charge is 0.399 e. The predicted octanol–water partition coefficient (Wildman–Crippen LogP) is 2.24. The lowest BCUT2D eigenvalue weighted by Gasteiger charge is -2.15. The molecule has 1 heterocycles. The van der Waals surface area contributed by atoms with Gasteiger partial charge in [0.2, 0.25) is 0 Å². The maximum absolute atomic E-state index is 12.1. The summed E-state index contributed by atoms with van der Waals surface area (Å²) in [5.41, 5.74) is 7.21. The van der Waals surface area contributed by atoms with Crippen molar-refractivity contribution in [1.29, 1.82) is 0 Å². The summed E-state index contributed by atoms with van der Waals surface area (Å²) in [5.74, 6) is 0.881. The molecule has 0 aliphatic carbocycles. The molecule has 5 heteroatoms. The third kappa shape index (κ3) is 3.64. The molecule has 1 atom stereocenters. The Kier molecular flexibility index (Phi) is 4.71. The smallest absolute Gasteiger partial charge is 0.254 e. The van der Waals surface area contributed by atoms with Crippen molar-refractivity contribution < 1.29 is 9.53 Å². The zero-order valence-electron chi connectivity index (χ0n) is 11.4. The molecule has 0 radical (unpaired) electrons. The molecule has 4 nitrogen and oxygen atoms in total. The molecule has 1 fully saturated rings. The van der Waals surface area contributed by atoms with Crippen LogP contribution in [0.25, 0.3) is 0 Å². The van der Waals surface area contributed by atoms with Gasteiger partial charge in [-0.2, -0.15) is 0 Å². The predicted molar refractivity (Wildman–Crippen MR) is 78.6 cm³/mol. The molecular formula is C14H20N2O2S. The summed E-state index contributed by atoms with van der Waals surface area (Å²) < 4.78 is 5.61. The van der Waals surface area contributed by atoms with E-state index in [-0.39, 0.29) is 5.91 Å². The molecule has 1 aromatic rings. The van der Waals surface area contributed by atoms with Crippen molar-refractivity contribution >= 4 is 23.4 Å². The minimum absolute atomic E-state index is 0.00911. The quantitative estimate of drug-likeness (QED) is 0.679. The Balaban J connectivity index is 2.12. The first-order valence-electron chi connectivity index (χ1n) is 6.43. The van der Waals surface area contributed by atoms with Crippen LogP contribution in [0.1, 0.15) is 23.2 Å². The normalized spacial score (nSPS) is 18.5. The van der Waals surface area contributed by atoms with E-state index in [4.69, 9.17) is 10.5 Å². The van der Waals surface area contributed by atoms with E-state index in [1.165, 1.54) is 0 Å². The number of amides is 1. The van der Waals surface area contributed by atoms with Crippen LogP contribution in [-0.4, -0.2) is 43.4 Å². The van der Waals surface area contributed by atoms with Gasteiger partial charge in [0, 0.05) is 37.0 Å². The maximum atomic E-state index is 12.1. The fraction of sp³-hybridized carbons (Fsp3) is 0.500. The first-order chi connectivity index (χ1) is 9.08. The zero-order valence-corrected chi connectivity index (χ0v) is 12.2. The van der Waals surface area contributed by atoms with E-state index in [1.807, 2.05) is 6.07 Å². The van der Waals surface area contributed by atoms with Crippen LogP contribution < -0.4 is 5.73 Å². The molecule has 1 aromatic carbocycles. The first kappa shape index (κ1) is 14.2. The first-order valence-corrected chi connectivity index (χ1v) is 7.42. The molecule has 0 aromatic heterocycles. The van der Waals surface area contributed by atoms with Gasteiger partial charge in [0.1, 0.15) is 0 Å². The Hall–Kier alpha value is -1.20. The van der Waals surface area contributed by atoms with Crippen LogP contribution in [-0.2, 0) is 4.74 Å². The lowest BCUT2D eigenvalue weighted by Crippen LogP contribution is -2.22. The molecule has 1 saturated heterocycles. The summed E-state index contributed by atoms with van der Waals surface area (Å²) in [4.78, 5) is 14.6. The highest BCUT2D eigenvalue weighted by molar-refractivity contribution is 7.99. The number of anilines is 1. The van der Waals surface area contributed by atoms with Gasteiger partial charge >= 0.3 is 0 Å². The van der Waals surface area contributed by atoms with Crippen LogP contribution in [0.2, 0.25) is 0 Å². The molecule has 0 spiro atoms. The molecule has 2 N–H and O–H groups in total. The number of benzene rings is 1. The number of ether oxygens (including phenoxy) is 1. The van der Waals surface area contributed by atoms with Crippen molar-refractivity contribution in [3.05, 3.63) is 23.8 Å². The lowest BCUT2D eigenvalue weighted by molar-refractivity contribution is 0.0824. The molecule has 19 heavy (non-hydrogen) atoms. The third-order valence-electron chi connectivity index (χ3n) is 3.09. The van der Waals surface area contributed by atoms with Crippen LogP contribution in [0.5, 0.6) is 0 Å². The second-order valence-corrected chi connectivity index (χ2v) is 5.96. The number of carbonyl (C=O) groups excluding carboxylic acids is 1. The summed E-state index contributed by atoms with van der Waals surface area (Å²) in [7, 11) is 3.51. The van der Waals surface area contributed by atoms with Gasteiger partial charge in [-0.05, 0) is 31.0 Å². The monoisotopic (exact) mass is 280 g/mol. The van der Waals surface area contributed by atoms with Crippen molar-refractivity contribution in [2.24, 2.45) is 0 Å². The number of nitrogen functional groups attached to an aromatic ring is 1. The second-order valence-electron chi connectivity index (χ2n) is 4.90. The Morgan fingerprint density at radius 3 is 2.95 bits per heavy atom. The minimum Gasteiger partial charge on any atom is -0.399 e. The zero-order chi connectivity index (χ0) is 13.8. The highest BCUT2D eigenvalue weighted by Crippen LogP contribution is 2.29. The number of hydrogen-bond acceptors (Lipinski definition) is 4. The van der Waals surface area contributed by atoms with Gasteiger partial charge in [-0.1, -0.05) is 0 Å². The highest BCUT2D eigenvalue weighted by Gasteiger charge is 2.18. The van der Waals surface area contributed by atoms with Crippen LogP contribution in [0.15, 0.2) is 23.1 Å². The topological polar surface area (TPSA) is 55.6 Å². The standard InChI is InChI=1S/C14H20N2O2S/c1-16(2)14(17)12-6-5-10(15)8-13(12)19-9-11-4-3-7-18-11/h5-6,8,11H,3-4,7,9,15H2,1-2H3. The second kappa shape index (κ2) is 6.30. The molecule has 0 saturated carbocycles. The van der Waals surface area contributed by atoms with Crippen molar-refractivity contribution in [1.82, 2.24) is 4.90 Å². The summed E-state index contributed by atoms with van der Waals surface area (Å²) in [6.07, 6.45) is 2.53. The summed E-state index contributed by atoms with van der Waals surface area (Å²) >= 11 is 1.65. The van der Waals surface area contributed by atoms with Crippen molar-refractivity contribution in [3.8, 4) is 0 Å². The summed E-state index contributed by atoms with van der Waals surface area (Å²) in [6, 6.07) is 5.44. The fourth-order valence-electron chi connectivity index (χ4n) is 2.03. The maximum Gasteiger partial charge on any atom is 0.254 e. The average Bonchev–Trinajstić information content (AvgIpc) is 2.88. The Labute approximate surface area is 118 Å². The van der Waals surface area contributed by atoms with Crippen molar-refractivity contribution in [2.45, 2.75) is 23.8 Å². The molecule has 2 rings (SSSR count). The molecular weight excluding hydrogens is 260 g/mol. The number of carbonyl (C=O) groups is 1. The molecule has 1 aliphatic heterocycles. The molecule has 1 aliphatic rings. The van der Waals surface area contributed by atoms with Crippen LogP contribution >= 0.6 is 11.8 Å². The van der Waals surface area contributed by atoms with E-state index >= 15 is 0 Å². The van der Waals surface area contributed by atoms with Gasteiger partial charge in [0.25, 0.3) is 5.91 Å². The Morgan fingerprint density at radius 1 is 1.53 bits per heavy atom. The number of thioether (sulfide) groups is 1. The summed E-state index contributed by atoms with van der Waals surface area (Å²) in [5, 5.41) is 0. The van der Waals surface area contributed by atoms with Crippen molar-refractivity contribution in [3.63, 3.8) is 0 Å². The van der Waals surface area contributed by atoms with E-state index in [9.17, 15) is 4.79 Å². The Morgan fingerprint density at radius 2 is 2.32 bits per heavy atom. The number of hydrogen-bond donors (Lipinski definition) is 1. The van der Waals surface area contributed by atoms with Gasteiger partial charge in [-0.15, -0.1) is 11.8 Å². The number of nitrogens with two attached hydrogens (primary N) is 1. The lowest BCUT2D eigenvalue weighted by atomic mass is 10.2. The van der Waals surface area contributed by atoms with E-state index in [0.717, 1.165) is 30.1 Å². The highest BCUT2D eigenvalue weighted by atomic mass is 32.2. The number of rotatable bonds is 4. The van der Waals surface area contributed by atoms with Crippen LogP contribution in [0.3, 0.4) is 0 Å². The van der Waals surface area contributed by atoms with Gasteiger partial charge in [-0.25, -0.2) is 0 Å². The summed E-state index contributed by atoms with van der Waals surface area (Å²) in [6.45, 7) is 0.853. The van der Waals surface area contributed by atoms with Gasteiger partial charge in [-0.3, -0.25) is 4.79 Å². The molecule has 0 bridgehead atoms. The van der Waals surface area contributed by atoms with E-state index < -0.39 is 0 Å². The van der Waals surface area contributed by atoms with E-state index in [2.05, 4.69) is 0 Å². The third-order valence-corrected chi connectivity index (χ3v) is 4.28. The average molecular weight is 280 g/mol. The van der Waals surface area contributed by atoms with Crippen LogP contribution in [0, 0.1) is 0 Å². The number of nitrogens with zero attached hydrogens (tertiary/aromatic N) is 1. The minimum atomic E-state index is 0.00911. The van der Waals surface area contributed by atoms with E-state index in [1.54, 1.807) is 42.9 Å². The fourth-order valence-corrected chi connectivity index (χ4v) is 3.19. The van der Waals surface area contributed by atoms with Crippen LogP contribution in [0.4, 0.5) is 5.69 Å². The molecule has 1 amide bonds. The SMILES string of the molecule is CN(C)C(=O)c1ccc(N)cc1SCC1CCCO1. The van der Waals surface area contributed by atoms with Gasteiger partial charge in [0.05, 0.1) is 11.7 Å². The molecule has 1 unspecified atom stereocenters. The van der Waals surface area contributed by atoms with E-state index in [0.29, 0.717) is 17.4 Å². The van der Waals surface area contributed by atoms with Gasteiger partial charge in [0.15, 0.2) is 0 Å². The van der Waals surface area contributed by atoms with Crippen molar-refractivity contribution in [2.75, 3.05) is 32.2 Å². The van der Waals surface area contributed by atoms with Gasteiger partial charge < -0.3 is 15.4 Å².